The van der Waals surface area contributed by atoms with Crippen LogP contribution in [0, 0.1) is 0 Å². The molecule has 0 bridgehead atoms. The second-order valence-electron chi connectivity index (χ2n) is 11.0. The number of hydrogen-bond acceptors (Lipinski definition) is 5. The van der Waals surface area contributed by atoms with Gasteiger partial charge in [-0.25, -0.2) is 4.98 Å². The Labute approximate surface area is 230 Å². The van der Waals surface area contributed by atoms with E-state index in [2.05, 4.69) is 27.3 Å². The highest BCUT2D eigenvalue weighted by molar-refractivity contribution is 5.97. The van der Waals surface area contributed by atoms with E-state index in [4.69, 9.17) is 4.74 Å². The lowest BCUT2D eigenvalue weighted by atomic mass is 9.99. The van der Waals surface area contributed by atoms with Crippen LogP contribution in [0.2, 0.25) is 0 Å². The molecule has 7 heteroatoms. The number of aryl methyl sites for hydroxylation is 1. The molecule has 2 amide bonds. The first-order valence-electron chi connectivity index (χ1n) is 14.1. The number of aromatic nitrogens is 1. The van der Waals surface area contributed by atoms with Crippen molar-refractivity contribution in [3.05, 3.63) is 88.6 Å². The van der Waals surface area contributed by atoms with Gasteiger partial charge in [0.05, 0.1) is 13.2 Å². The Morgan fingerprint density at radius 3 is 2.54 bits per heavy atom. The van der Waals surface area contributed by atoms with E-state index in [-0.39, 0.29) is 23.9 Å². The van der Waals surface area contributed by atoms with Crippen LogP contribution in [0.5, 0.6) is 5.88 Å². The molecule has 3 aromatic rings. The molecule has 202 valence electrons. The average Bonchev–Trinajstić information content (AvgIpc) is 3.77. The van der Waals surface area contributed by atoms with Crippen molar-refractivity contribution in [1.82, 2.24) is 15.2 Å². The van der Waals surface area contributed by atoms with Crippen LogP contribution in [0.3, 0.4) is 0 Å². The molecule has 6 rings (SSSR count). The molecular weight excluding hydrogens is 488 g/mol. The zero-order valence-corrected chi connectivity index (χ0v) is 22.7. The zero-order chi connectivity index (χ0) is 26.9. The van der Waals surface area contributed by atoms with E-state index in [9.17, 15) is 9.59 Å². The van der Waals surface area contributed by atoms with Crippen molar-refractivity contribution < 1.29 is 14.3 Å². The monoisotopic (exact) mass is 524 g/mol. The number of ether oxygens (including phenoxy) is 1. The Morgan fingerprint density at radius 1 is 0.974 bits per heavy atom. The lowest BCUT2D eigenvalue weighted by Crippen LogP contribution is -2.45. The number of amides is 2. The number of piperidine rings is 1. The summed E-state index contributed by atoms with van der Waals surface area (Å²) in [6.45, 7) is 1.74. The molecule has 1 N–H and O–H groups in total. The number of carbonyl (C=O) groups excluding carboxylic acids is 2. The lowest BCUT2D eigenvalue weighted by Gasteiger charge is -2.38. The number of rotatable bonds is 7. The third-order valence-electron chi connectivity index (χ3n) is 8.62. The van der Waals surface area contributed by atoms with Gasteiger partial charge in [-0.2, -0.15) is 0 Å². The third-order valence-corrected chi connectivity index (χ3v) is 8.62. The fourth-order valence-electron chi connectivity index (χ4n) is 6.16. The maximum atomic E-state index is 13.6. The molecule has 1 saturated carbocycles. The summed E-state index contributed by atoms with van der Waals surface area (Å²) in [5.74, 6) is 1.16. The van der Waals surface area contributed by atoms with Crippen LogP contribution in [0.15, 0.2) is 60.8 Å². The van der Waals surface area contributed by atoms with Crippen LogP contribution < -0.4 is 15.0 Å². The number of nitrogens with zero attached hydrogens (tertiary/aromatic N) is 3. The molecule has 7 nitrogen and oxygen atoms in total. The predicted octanol–water partition coefficient (Wildman–Crippen LogP) is 5.13. The summed E-state index contributed by atoms with van der Waals surface area (Å²) in [6, 6.07) is 18.1. The number of nitrogens with one attached hydrogen (secondary N) is 1. The van der Waals surface area contributed by atoms with Gasteiger partial charge in [0, 0.05) is 55.3 Å². The summed E-state index contributed by atoms with van der Waals surface area (Å²) < 4.78 is 5.27. The summed E-state index contributed by atoms with van der Waals surface area (Å²) in [4.78, 5) is 35.2. The molecule has 39 heavy (non-hydrogen) atoms. The largest absolute Gasteiger partial charge is 0.481 e. The first kappa shape index (κ1) is 25.4. The number of anilines is 1. The quantitative estimate of drug-likeness (QED) is 0.464. The molecule has 1 aromatic heterocycles. The molecule has 2 fully saturated rings. The third kappa shape index (κ3) is 5.22. The van der Waals surface area contributed by atoms with Crippen LogP contribution >= 0.6 is 0 Å². The van der Waals surface area contributed by atoms with E-state index in [0.29, 0.717) is 17.4 Å². The van der Waals surface area contributed by atoms with Crippen LogP contribution in [0.1, 0.15) is 81.5 Å². The normalized spacial score (nSPS) is 18.9. The molecule has 2 aromatic carbocycles. The standard InChI is InChI=1S/C32H36N4O3/c1-35(24-14-17-36(18-15-24)25-13-16-33-30(20-25)39-2)32(38)23-10-9-22-11-12-29(28(22)19-23)34-31(37)27-6-4-3-5-26(27)21-7-8-21/h3-6,9-10,13,16,19-21,24,29H,7-8,11-12,14-15,17-18H2,1-2H3,(H,34,37)/t29-/m1/s1. The minimum Gasteiger partial charge on any atom is -0.481 e. The van der Waals surface area contributed by atoms with Crippen LogP contribution in [0.4, 0.5) is 5.69 Å². The number of methoxy groups -OCH3 is 1. The Balaban J connectivity index is 1.11. The minimum atomic E-state index is -0.0709. The van der Waals surface area contributed by atoms with Crippen LogP contribution in [-0.2, 0) is 6.42 Å². The van der Waals surface area contributed by atoms with Gasteiger partial charge in [-0.3, -0.25) is 9.59 Å². The van der Waals surface area contributed by atoms with Crippen molar-refractivity contribution in [2.24, 2.45) is 0 Å². The highest BCUT2D eigenvalue weighted by atomic mass is 16.5. The maximum absolute atomic E-state index is 13.6. The van der Waals surface area contributed by atoms with Crippen molar-refractivity contribution in [2.75, 3.05) is 32.1 Å². The molecule has 0 spiro atoms. The predicted molar refractivity (Wildman–Crippen MR) is 152 cm³/mol. The van der Waals surface area contributed by atoms with Crippen molar-refractivity contribution in [2.45, 2.75) is 56.5 Å². The second kappa shape index (κ2) is 10.7. The van der Waals surface area contributed by atoms with Gasteiger partial charge in [0.1, 0.15) is 0 Å². The van der Waals surface area contributed by atoms with Gasteiger partial charge in [0.15, 0.2) is 0 Å². The molecular formula is C32H36N4O3. The second-order valence-corrected chi connectivity index (χ2v) is 11.0. The van der Waals surface area contributed by atoms with E-state index >= 15 is 0 Å². The molecule has 3 aliphatic rings. The molecule has 2 aliphatic carbocycles. The number of fused-ring (bicyclic) bond motifs is 1. The van der Waals surface area contributed by atoms with Crippen molar-refractivity contribution >= 4 is 17.5 Å². The minimum absolute atomic E-state index is 0.0113. The zero-order valence-electron chi connectivity index (χ0n) is 22.7. The summed E-state index contributed by atoms with van der Waals surface area (Å²) in [7, 11) is 3.54. The fourth-order valence-corrected chi connectivity index (χ4v) is 6.16. The summed E-state index contributed by atoms with van der Waals surface area (Å²) in [5.41, 5.74) is 6.03. The summed E-state index contributed by atoms with van der Waals surface area (Å²) in [6.07, 6.45) is 7.66. The smallest absolute Gasteiger partial charge is 0.253 e. The number of benzene rings is 2. The lowest BCUT2D eigenvalue weighted by molar-refractivity contribution is 0.0709. The summed E-state index contributed by atoms with van der Waals surface area (Å²) in [5, 5.41) is 3.28. The average molecular weight is 525 g/mol. The van der Waals surface area contributed by atoms with E-state index in [1.165, 1.54) is 5.56 Å². The topological polar surface area (TPSA) is 74.8 Å². The van der Waals surface area contributed by atoms with Gasteiger partial charge in [0.2, 0.25) is 5.88 Å². The first-order chi connectivity index (χ1) is 19.0. The van der Waals surface area contributed by atoms with Gasteiger partial charge in [-0.1, -0.05) is 24.3 Å². The van der Waals surface area contributed by atoms with Gasteiger partial charge >= 0.3 is 0 Å². The van der Waals surface area contributed by atoms with E-state index in [1.807, 2.05) is 54.4 Å². The fraction of sp³-hybridized carbons (Fsp3) is 0.406. The van der Waals surface area contributed by atoms with Gasteiger partial charge in [-0.05, 0) is 85.4 Å². The molecule has 1 saturated heterocycles. The Morgan fingerprint density at radius 2 is 1.77 bits per heavy atom. The van der Waals surface area contributed by atoms with Gasteiger partial charge in [0.25, 0.3) is 11.8 Å². The number of carbonyl (C=O) groups is 2. The Kier molecular flexibility index (Phi) is 6.98. The van der Waals surface area contributed by atoms with E-state index in [0.717, 1.165) is 74.0 Å². The highest BCUT2D eigenvalue weighted by Crippen LogP contribution is 2.42. The van der Waals surface area contributed by atoms with Crippen molar-refractivity contribution in [3.8, 4) is 5.88 Å². The first-order valence-corrected chi connectivity index (χ1v) is 14.1. The van der Waals surface area contributed by atoms with Gasteiger partial charge < -0.3 is 19.9 Å². The molecule has 0 radical (unpaired) electrons. The van der Waals surface area contributed by atoms with Crippen LogP contribution in [0.25, 0.3) is 0 Å². The highest BCUT2D eigenvalue weighted by Gasteiger charge is 2.31. The molecule has 0 unspecified atom stereocenters. The van der Waals surface area contributed by atoms with Gasteiger partial charge in [-0.15, -0.1) is 0 Å². The van der Waals surface area contributed by atoms with Crippen molar-refractivity contribution in [3.63, 3.8) is 0 Å². The van der Waals surface area contributed by atoms with Crippen LogP contribution in [-0.4, -0.2) is 55.0 Å². The van der Waals surface area contributed by atoms with E-state index < -0.39 is 0 Å². The Bertz CT molecular complexity index is 1380. The van der Waals surface area contributed by atoms with Crippen molar-refractivity contribution in [1.29, 1.82) is 0 Å². The summed E-state index contributed by atoms with van der Waals surface area (Å²) >= 11 is 0. The molecule has 1 aliphatic heterocycles. The number of hydrogen-bond donors (Lipinski definition) is 1. The number of pyridine rings is 1. The van der Waals surface area contributed by atoms with E-state index in [1.54, 1.807) is 13.3 Å². The molecule has 1 atom stereocenters. The maximum Gasteiger partial charge on any atom is 0.253 e. The molecule has 2 heterocycles. The Hall–Kier alpha value is -3.87. The SMILES string of the molecule is COc1cc(N2CCC(N(C)C(=O)c3ccc4c(c3)[C@H](NC(=O)c3ccccc3C3CC3)CC4)CC2)ccn1.